The van der Waals surface area contributed by atoms with Gasteiger partial charge in [0.2, 0.25) is 0 Å². The van der Waals surface area contributed by atoms with Gasteiger partial charge in [0, 0.05) is 30.9 Å². The van der Waals surface area contributed by atoms with Crippen LogP contribution in [0.15, 0.2) is 17.8 Å². The molecule has 3 rings (SSSR count). The number of hydrogen-bond acceptors (Lipinski definition) is 4. The molecule has 0 radical (unpaired) electrons. The van der Waals surface area contributed by atoms with Crippen molar-refractivity contribution in [3.63, 3.8) is 0 Å². The predicted octanol–water partition coefficient (Wildman–Crippen LogP) is 3.43. The van der Waals surface area contributed by atoms with E-state index in [1.807, 2.05) is 35.0 Å². The molecule has 1 aliphatic rings. The molecule has 1 atom stereocenters. The number of aromatic nitrogens is 3. The van der Waals surface area contributed by atoms with Gasteiger partial charge in [0.05, 0.1) is 17.4 Å². The summed E-state index contributed by atoms with van der Waals surface area (Å²) in [5.41, 5.74) is 1.63. The Morgan fingerprint density at radius 3 is 3.05 bits per heavy atom. The zero-order chi connectivity index (χ0) is 15.5. The van der Waals surface area contributed by atoms with E-state index < -0.39 is 0 Å². The van der Waals surface area contributed by atoms with Gasteiger partial charge in [-0.1, -0.05) is 0 Å². The molecule has 1 aliphatic heterocycles. The number of carbonyl (C=O) groups excluding carboxylic acids is 1. The fourth-order valence-corrected chi connectivity index (χ4v) is 3.61. The highest BCUT2D eigenvalue weighted by Crippen LogP contribution is 2.32. The van der Waals surface area contributed by atoms with Crippen LogP contribution in [0, 0.1) is 6.92 Å². The normalized spacial score (nSPS) is 18.5. The Morgan fingerprint density at radius 1 is 1.50 bits per heavy atom. The van der Waals surface area contributed by atoms with Gasteiger partial charge in [-0.2, -0.15) is 5.10 Å². The topological polar surface area (TPSA) is 63.1 Å². The molecule has 6 nitrogen and oxygen atoms in total. The molecule has 0 spiro atoms. The van der Waals surface area contributed by atoms with Crippen molar-refractivity contribution in [3.8, 4) is 0 Å². The Kier molecular flexibility index (Phi) is 4.42. The third-order valence-corrected chi connectivity index (χ3v) is 4.89. The van der Waals surface area contributed by atoms with Crippen molar-refractivity contribution in [3.05, 3.63) is 28.5 Å². The zero-order valence-electron chi connectivity index (χ0n) is 13.0. The summed E-state index contributed by atoms with van der Waals surface area (Å²) in [6, 6.07) is 0.0360. The van der Waals surface area contributed by atoms with Crippen LogP contribution in [0.5, 0.6) is 0 Å². The molecule has 3 heterocycles. The number of aryl methyl sites for hydroxylation is 2. The van der Waals surface area contributed by atoms with Gasteiger partial charge >= 0.3 is 6.03 Å². The molecule has 0 aliphatic carbocycles. The minimum atomic E-state index is -0.0568. The van der Waals surface area contributed by atoms with E-state index in [2.05, 4.69) is 15.4 Å². The van der Waals surface area contributed by atoms with Crippen LogP contribution in [-0.4, -0.2) is 32.2 Å². The molecule has 7 heteroatoms. The quantitative estimate of drug-likeness (QED) is 0.942. The van der Waals surface area contributed by atoms with Crippen LogP contribution >= 0.6 is 11.3 Å². The van der Waals surface area contributed by atoms with E-state index in [0.29, 0.717) is 0 Å². The van der Waals surface area contributed by atoms with Gasteiger partial charge in [-0.3, -0.25) is 4.68 Å². The Hall–Kier alpha value is -1.89. The first-order valence-corrected chi connectivity index (χ1v) is 8.58. The van der Waals surface area contributed by atoms with Crippen molar-refractivity contribution in [1.29, 1.82) is 0 Å². The molecule has 2 aromatic heterocycles. The number of amides is 2. The number of piperidine rings is 1. The molecule has 1 N–H and O–H groups in total. The Labute approximate surface area is 134 Å². The fourth-order valence-electron chi connectivity index (χ4n) is 2.82. The van der Waals surface area contributed by atoms with E-state index >= 15 is 0 Å². The maximum atomic E-state index is 12.7. The van der Waals surface area contributed by atoms with Gasteiger partial charge in [0.1, 0.15) is 5.01 Å². The highest BCUT2D eigenvalue weighted by Gasteiger charge is 2.30. The lowest BCUT2D eigenvalue weighted by molar-refractivity contribution is 0.163. The van der Waals surface area contributed by atoms with Crippen LogP contribution in [0.3, 0.4) is 0 Å². The third-order valence-electron chi connectivity index (χ3n) is 4.01. The second-order valence-electron chi connectivity index (χ2n) is 5.49. The maximum absolute atomic E-state index is 12.7. The molecule has 22 heavy (non-hydrogen) atoms. The van der Waals surface area contributed by atoms with E-state index in [4.69, 9.17) is 0 Å². The molecule has 0 saturated carbocycles. The minimum absolute atomic E-state index is 0.0568. The van der Waals surface area contributed by atoms with E-state index in [-0.39, 0.29) is 12.1 Å². The molecule has 2 amide bonds. The standard InChI is InChI=1S/C15H21N5OS/c1-3-19-10-12(11(2)18-19)17-15(21)20-8-5-4-6-13(20)14-16-7-9-22-14/h7,9-10,13H,3-6,8H2,1-2H3,(H,17,21)/t13-/m1/s1. The Balaban J connectivity index is 1.75. The maximum Gasteiger partial charge on any atom is 0.322 e. The molecular formula is C15H21N5OS. The van der Waals surface area contributed by atoms with E-state index in [1.165, 1.54) is 0 Å². The monoisotopic (exact) mass is 319 g/mol. The highest BCUT2D eigenvalue weighted by molar-refractivity contribution is 7.09. The zero-order valence-corrected chi connectivity index (χ0v) is 13.8. The summed E-state index contributed by atoms with van der Waals surface area (Å²) in [6.07, 6.45) is 6.85. The second kappa shape index (κ2) is 6.48. The summed E-state index contributed by atoms with van der Waals surface area (Å²) in [6.45, 7) is 5.51. The third kappa shape index (κ3) is 2.99. The van der Waals surface area contributed by atoms with Crippen LogP contribution in [0.4, 0.5) is 10.5 Å². The van der Waals surface area contributed by atoms with Gasteiger partial charge in [0.25, 0.3) is 0 Å². The number of hydrogen-bond donors (Lipinski definition) is 1. The Morgan fingerprint density at radius 2 is 2.36 bits per heavy atom. The average Bonchev–Trinajstić information content (AvgIpc) is 3.17. The van der Waals surface area contributed by atoms with Crippen molar-refractivity contribution < 1.29 is 4.79 Å². The minimum Gasteiger partial charge on any atom is -0.315 e. The number of rotatable bonds is 3. The summed E-state index contributed by atoms with van der Waals surface area (Å²) >= 11 is 1.62. The van der Waals surface area contributed by atoms with Gasteiger partial charge in [-0.15, -0.1) is 11.3 Å². The average molecular weight is 319 g/mol. The van der Waals surface area contributed by atoms with Crippen LogP contribution in [0.2, 0.25) is 0 Å². The number of thiazole rings is 1. The highest BCUT2D eigenvalue weighted by atomic mass is 32.1. The second-order valence-corrected chi connectivity index (χ2v) is 6.42. The lowest BCUT2D eigenvalue weighted by atomic mass is 10.0. The first kappa shape index (κ1) is 15.0. The van der Waals surface area contributed by atoms with Crippen LogP contribution in [0.25, 0.3) is 0 Å². The molecule has 2 aromatic rings. The fraction of sp³-hybridized carbons (Fsp3) is 0.533. The Bertz CT molecular complexity index is 636. The summed E-state index contributed by atoms with van der Waals surface area (Å²) in [4.78, 5) is 19.0. The summed E-state index contributed by atoms with van der Waals surface area (Å²) in [5.74, 6) is 0. The van der Waals surface area contributed by atoms with Crippen molar-refractivity contribution in [2.24, 2.45) is 0 Å². The van der Waals surface area contributed by atoms with Gasteiger partial charge in [-0.25, -0.2) is 9.78 Å². The summed E-state index contributed by atoms with van der Waals surface area (Å²) in [5, 5.41) is 10.4. The number of likely N-dealkylation sites (tertiary alicyclic amines) is 1. The number of urea groups is 1. The summed E-state index contributed by atoms with van der Waals surface area (Å²) in [7, 11) is 0. The van der Waals surface area contributed by atoms with Gasteiger partial charge in [-0.05, 0) is 33.1 Å². The number of anilines is 1. The van der Waals surface area contributed by atoms with E-state index in [0.717, 1.165) is 48.7 Å². The molecule has 0 bridgehead atoms. The van der Waals surface area contributed by atoms with Gasteiger partial charge < -0.3 is 10.2 Å². The van der Waals surface area contributed by atoms with Crippen molar-refractivity contribution >= 4 is 23.1 Å². The van der Waals surface area contributed by atoms with Crippen molar-refractivity contribution in [2.45, 2.75) is 45.7 Å². The SMILES string of the molecule is CCn1cc(NC(=O)N2CCCC[C@@H]2c2nccs2)c(C)n1. The first-order valence-electron chi connectivity index (χ1n) is 7.70. The summed E-state index contributed by atoms with van der Waals surface area (Å²) < 4.78 is 1.83. The predicted molar refractivity (Wildman–Crippen MR) is 87.1 cm³/mol. The smallest absolute Gasteiger partial charge is 0.315 e. The number of nitrogens with zero attached hydrogens (tertiary/aromatic N) is 4. The van der Waals surface area contributed by atoms with Crippen LogP contribution in [-0.2, 0) is 6.54 Å². The van der Waals surface area contributed by atoms with Crippen molar-refractivity contribution in [2.75, 3.05) is 11.9 Å². The molecule has 0 aromatic carbocycles. The number of nitrogens with one attached hydrogen (secondary N) is 1. The molecular weight excluding hydrogens is 298 g/mol. The molecule has 118 valence electrons. The number of carbonyl (C=O) groups is 1. The van der Waals surface area contributed by atoms with Crippen LogP contribution in [0.1, 0.15) is 42.9 Å². The lowest BCUT2D eigenvalue weighted by Crippen LogP contribution is -2.41. The van der Waals surface area contributed by atoms with Gasteiger partial charge in [0.15, 0.2) is 0 Å². The molecule has 1 fully saturated rings. The largest absolute Gasteiger partial charge is 0.322 e. The van der Waals surface area contributed by atoms with E-state index in [9.17, 15) is 4.79 Å². The molecule has 0 unspecified atom stereocenters. The first-order chi connectivity index (χ1) is 10.7. The van der Waals surface area contributed by atoms with E-state index in [1.54, 1.807) is 17.5 Å². The molecule has 1 saturated heterocycles. The van der Waals surface area contributed by atoms with Crippen molar-refractivity contribution in [1.82, 2.24) is 19.7 Å². The lowest BCUT2D eigenvalue weighted by Gasteiger charge is -2.34. The van der Waals surface area contributed by atoms with Crippen LogP contribution < -0.4 is 5.32 Å².